The van der Waals surface area contributed by atoms with Gasteiger partial charge in [-0.2, -0.15) is 4.37 Å². The SMILES string of the molecule is COCCc1nsc(Nc2ccc(OC(C)(C)C)cc2)n1. The van der Waals surface area contributed by atoms with E-state index in [1.807, 2.05) is 45.0 Å². The van der Waals surface area contributed by atoms with Gasteiger partial charge in [0, 0.05) is 30.8 Å². The van der Waals surface area contributed by atoms with Gasteiger partial charge in [-0.15, -0.1) is 0 Å². The topological polar surface area (TPSA) is 56.3 Å². The first-order chi connectivity index (χ1) is 9.96. The molecule has 1 aromatic carbocycles. The fourth-order valence-corrected chi connectivity index (χ4v) is 2.32. The molecule has 0 fully saturated rings. The van der Waals surface area contributed by atoms with E-state index in [1.54, 1.807) is 7.11 Å². The van der Waals surface area contributed by atoms with Crippen molar-refractivity contribution in [2.75, 3.05) is 19.0 Å². The number of ether oxygens (including phenoxy) is 2. The van der Waals surface area contributed by atoms with E-state index in [9.17, 15) is 0 Å². The fourth-order valence-electron chi connectivity index (χ4n) is 1.68. The maximum atomic E-state index is 5.79. The van der Waals surface area contributed by atoms with Gasteiger partial charge in [0.05, 0.1) is 6.61 Å². The Labute approximate surface area is 129 Å². The molecule has 1 N–H and O–H groups in total. The molecule has 0 aliphatic heterocycles. The van der Waals surface area contributed by atoms with E-state index in [4.69, 9.17) is 9.47 Å². The van der Waals surface area contributed by atoms with Gasteiger partial charge in [0.15, 0.2) is 0 Å². The second kappa shape index (κ2) is 6.87. The third kappa shape index (κ3) is 5.32. The Morgan fingerprint density at radius 3 is 2.52 bits per heavy atom. The zero-order valence-corrected chi connectivity index (χ0v) is 13.7. The molecule has 1 aromatic heterocycles. The Balaban J connectivity index is 1.95. The van der Waals surface area contributed by atoms with Crippen molar-refractivity contribution in [3.63, 3.8) is 0 Å². The molecule has 2 rings (SSSR count). The minimum Gasteiger partial charge on any atom is -0.488 e. The first kappa shape index (κ1) is 15.7. The van der Waals surface area contributed by atoms with Gasteiger partial charge in [0.2, 0.25) is 5.13 Å². The predicted octanol–water partition coefficient (Wildman–Crippen LogP) is 3.65. The van der Waals surface area contributed by atoms with E-state index in [0.29, 0.717) is 6.61 Å². The van der Waals surface area contributed by atoms with Gasteiger partial charge in [-0.3, -0.25) is 0 Å². The van der Waals surface area contributed by atoms with Gasteiger partial charge >= 0.3 is 0 Å². The molecule has 0 aliphatic carbocycles. The minimum absolute atomic E-state index is 0.190. The number of aromatic nitrogens is 2. The highest BCUT2D eigenvalue weighted by atomic mass is 32.1. The Morgan fingerprint density at radius 2 is 1.90 bits per heavy atom. The smallest absolute Gasteiger partial charge is 0.207 e. The van der Waals surface area contributed by atoms with Crippen molar-refractivity contribution < 1.29 is 9.47 Å². The standard InChI is InChI=1S/C15H21N3O2S/c1-15(2,3)20-12-7-5-11(6-8-12)16-14-17-13(18-21-14)9-10-19-4/h5-8H,9-10H2,1-4H3,(H,16,17,18). The molecule has 1 heterocycles. The van der Waals surface area contributed by atoms with Crippen molar-refractivity contribution in [2.24, 2.45) is 0 Å². The normalized spacial score (nSPS) is 11.4. The number of methoxy groups -OCH3 is 1. The summed E-state index contributed by atoms with van der Waals surface area (Å²) in [7, 11) is 1.67. The van der Waals surface area contributed by atoms with Gasteiger partial charge in [-0.1, -0.05) is 0 Å². The number of nitrogens with one attached hydrogen (secondary N) is 1. The number of anilines is 2. The molecule has 21 heavy (non-hydrogen) atoms. The fraction of sp³-hybridized carbons (Fsp3) is 0.467. The van der Waals surface area contributed by atoms with Crippen molar-refractivity contribution in [1.82, 2.24) is 9.36 Å². The van der Waals surface area contributed by atoms with Crippen LogP contribution in [0.5, 0.6) is 5.75 Å². The summed E-state index contributed by atoms with van der Waals surface area (Å²) in [5.41, 5.74) is 0.774. The van der Waals surface area contributed by atoms with E-state index >= 15 is 0 Å². The van der Waals surface area contributed by atoms with Crippen LogP contribution in [0.25, 0.3) is 0 Å². The second-order valence-electron chi connectivity index (χ2n) is 5.62. The van der Waals surface area contributed by atoms with Crippen LogP contribution in [0.15, 0.2) is 24.3 Å². The third-order valence-electron chi connectivity index (χ3n) is 2.53. The van der Waals surface area contributed by atoms with Crippen molar-refractivity contribution in [2.45, 2.75) is 32.8 Å². The number of rotatable bonds is 6. The van der Waals surface area contributed by atoms with Crippen molar-refractivity contribution in [3.8, 4) is 5.75 Å². The van der Waals surface area contributed by atoms with E-state index in [2.05, 4.69) is 14.7 Å². The number of hydrogen-bond donors (Lipinski definition) is 1. The number of benzene rings is 1. The number of hydrogen-bond acceptors (Lipinski definition) is 6. The van der Waals surface area contributed by atoms with Crippen LogP contribution in [0.4, 0.5) is 10.8 Å². The lowest BCUT2D eigenvalue weighted by Gasteiger charge is -2.21. The molecule has 0 saturated heterocycles. The van der Waals surface area contributed by atoms with E-state index in [-0.39, 0.29) is 5.60 Å². The minimum atomic E-state index is -0.190. The van der Waals surface area contributed by atoms with Crippen LogP contribution in [-0.4, -0.2) is 28.7 Å². The lowest BCUT2D eigenvalue weighted by Crippen LogP contribution is -2.22. The van der Waals surface area contributed by atoms with Crippen LogP contribution in [0.2, 0.25) is 0 Å². The molecule has 114 valence electrons. The average Bonchev–Trinajstić information content (AvgIpc) is 2.85. The maximum Gasteiger partial charge on any atom is 0.207 e. The molecule has 2 aromatic rings. The number of nitrogens with zero attached hydrogens (tertiary/aromatic N) is 2. The quantitative estimate of drug-likeness (QED) is 0.883. The van der Waals surface area contributed by atoms with Gasteiger partial charge in [-0.05, 0) is 45.0 Å². The largest absolute Gasteiger partial charge is 0.488 e. The average molecular weight is 307 g/mol. The molecule has 0 saturated carbocycles. The predicted molar refractivity (Wildman–Crippen MR) is 85.6 cm³/mol. The second-order valence-corrected chi connectivity index (χ2v) is 6.37. The summed E-state index contributed by atoms with van der Waals surface area (Å²) in [5, 5.41) is 4.02. The van der Waals surface area contributed by atoms with Crippen LogP contribution in [0, 0.1) is 0 Å². The monoisotopic (exact) mass is 307 g/mol. The van der Waals surface area contributed by atoms with Gasteiger partial charge in [0.1, 0.15) is 17.2 Å². The Bertz CT molecular complexity index is 561. The molecule has 0 amide bonds. The lowest BCUT2D eigenvalue weighted by atomic mass is 10.2. The zero-order chi connectivity index (χ0) is 15.3. The molecular weight excluding hydrogens is 286 g/mol. The van der Waals surface area contributed by atoms with E-state index in [0.717, 1.165) is 28.8 Å². The van der Waals surface area contributed by atoms with Gasteiger partial charge < -0.3 is 14.8 Å². The summed E-state index contributed by atoms with van der Waals surface area (Å²) in [4.78, 5) is 4.41. The molecule has 0 spiro atoms. The zero-order valence-electron chi connectivity index (χ0n) is 12.8. The summed E-state index contributed by atoms with van der Waals surface area (Å²) in [5.74, 6) is 1.66. The molecule has 0 radical (unpaired) electrons. The molecule has 0 bridgehead atoms. The molecule has 0 aliphatic rings. The highest BCUT2D eigenvalue weighted by molar-refractivity contribution is 7.09. The summed E-state index contributed by atoms with van der Waals surface area (Å²) < 4.78 is 15.1. The summed E-state index contributed by atoms with van der Waals surface area (Å²) in [6.45, 7) is 6.72. The highest BCUT2D eigenvalue weighted by Gasteiger charge is 2.11. The Kier molecular flexibility index (Phi) is 5.14. The van der Waals surface area contributed by atoms with Gasteiger partial charge in [-0.25, -0.2) is 4.98 Å². The lowest BCUT2D eigenvalue weighted by molar-refractivity contribution is 0.131. The molecule has 0 atom stereocenters. The highest BCUT2D eigenvalue weighted by Crippen LogP contribution is 2.23. The maximum absolute atomic E-state index is 5.79. The van der Waals surface area contributed by atoms with Crippen LogP contribution < -0.4 is 10.1 Å². The third-order valence-corrected chi connectivity index (χ3v) is 3.20. The Morgan fingerprint density at radius 1 is 1.19 bits per heavy atom. The molecular formula is C15H21N3O2S. The Hall–Kier alpha value is -1.66. The molecule has 0 unspecified atom stereocenters. The first-order valence-corrected chi connectivity index (χ1v) is 7.61. The first-order valence-electron chi connectivity index (χ1n) is 6.84. The van der Waals surface area contributed by atoms with E-state index in [1.165, 1.54) is 11.5 Å². The summed E-state index contributed by atoms with van der Waals surface area (Å²) in [6, 6.07) is 7.83. The van der Waals surface area contributed by atoms with Gasteiger partial charge in [0.25, 0.3) is 0 Å². The summed E-state index contributed by atoms with van der Waals surface area (Å²) in [6.07, 6.45) is 0.729. The van der Waals surface area contributed by atoms with Crippen molar-refractivity contribution in [3.05, 3.63) is 30.1 Å². The van der Waals surface area contributed by atoms with Crippen molar-refractivity contribution in [1.29, 1.82) is 0 Å². The summed E-state index contributed by atoms with van der Waals surface area (Å²) >= 11 is 1.35. The van der Waals surface area contributed by atoms with Crippen molar-refractivity contribution >= 4 is 22.4 Å². The van der Waals surface area contributed by atoms with Crippen LogP contribution in [-0.2, 0) is 11.2 Å². The molecule has 5 nitrogen and oxygen atoms in total. The van der Waals surface area contributed by atoms with Crippen LogP contribution >= 0.6 is 11.5 Å². The van der Waals surface area contributed by atoms with E-state index < -0.39 is 0 Å². The van der Waals surface area contributed by atoms with Crippen LogP contribution in [0.3, 0.4) is 0 Å². The van der Waals surface area contributed by atoms with Crippen LogP contribution in [0.1, 0.15) is 26.6 Å². The molecule has 6 heteroatoms.